The molecule has 1 N–H and O–H groups in total. The van der Waals surface area contributed by atoms with E-state index in [1.54, 1.807) is 12.1 Å². The van der Waals surface area contributed by atoms with Gasteiger partial charge in [0.2, 0.25) is 5.91 Å². The van der Waals surface area contributed by atoms with Gasteiger partial charge in [0.1, 0.15) is 23.0 Å². The van der Waals surface area contributed by atoms with Crippen molar-refractivity contribution in [2.24, 2.45) is 0 Å². The van der Waals surface area contributed by atoms with Gasteiger partial charge in [-0.2, -0.15) is 5.26 Å². The number of carbonyl (C=O) groups is 2. The standard InChI is InChI=1S/C27H28Cl2N4O7S/c1-38-10-11-39-18-3-4-21(20(28)12-18)41(36,37)19-13-23(40-25(35)32-26(16-30)6-7-26)33(15-19)24(34)27(8-9-27)17-2-5-22(29)31-14-17/h2-5,12,14,19,23H,6-11,13,15H2,1H3,(H,32,35)/t19-,23?/m1/s1. The van der Waals surface area contributed by atoms with Gasteiger partial charge in [0.05, 0.1) is 33.3 Å². The average Bonchev–Trinajstić information content (AvgIpc) is 3.86. The minimum atomic E-state index is -4.07. The zero-order chi connectivity index (χ0) is 29.4. The molecule has 41 heavy (non-hydrogen) atoms. The predicted octanol–water partition coefficient (Wildman–Crippen LogP) is 3.63. The van der Waals surface area contributed by atoms with Crippen LogP contribution in [0, 0.1) is 11.3 Å². The molecule has 11 nitrogen and oxygen atoms in total. The van der Waals surface area contributed by atoms with Gasteiger partial charge in [-0.25, -0.2) is 18.2 Å². The molecule has 2 heterocycles. The molecule has 1 aromatic heterocycles. The van der Waals surface area contributed by atoms with Gasteiger partial charge in [0.25, 0.3) is 0 Å². The predicted molar refractivity (Wildman–Crippen MR) is 147 cm³/mol. The SMILES string of the molecule is COCCOc1ccc(S(=O)(=O)[C@@H]2CC(OC(=O)NC3(C#N)CC3)N(C(=O)C3(c4ccc(Cl)nc4)CC3)C2)c(Cl)c1. The number of sulfone groups is 1. The molecule has 2 amide bonds. The second-order valence-corrected chi connectivity index (χ2v) is 13.4. The molecule has 2 aromatic rings. The molecule has 0 bridgehead atoms. The number of hydrogen-bond acceptors (Lipinski definition) is 9. The van der Waals surface area contributed by atoms with E-state index in [-0.39, 0.29) is 40.6 Å². The summed E-state index contributed by atoms with van der Waals surface area (Å²) in [4.78, 5) is 32.0. The number of halogens is 2. The van der Waals surface area contributed by atoms with Gasteiger partial charge in [0.15, 0.2) is 16.1 Å². The third kappa shape index (κ3) is 5.95. The number of rotatable bonds is 10. The van der Waals surface area contributed by atoms with Gasteiger partial charge in [-0.1, -0.05) is 29.3 Å². The van der Waals surface area contributed by atoms with Gasteiger partial charge >= 0.3 is 6.09 Å². The second kappa shape index (κ2) is 11.3. The maximum Gasteiger partial charge on any atom is 0.410 e. The highest BCUT2D eigenvalue weighted by molar-refractivity contribution is 7.92. The lowest BCUT2D eigenvalue weighted by molar-refractivity contribution is -0.140. The number of nitriles is 1. The summed E-state index contributed by atoms with van der Waals surface area (Å²) in [6.45, 7) is 0.396. The molecule has 1 saturated heterocycles. The van der Waals surface area contributed by atoms with Crippen molar-refractivity contribution < 1.29 is 32.2 Å². The number of nitrogens with zero attached hydrogens (tertiary/aromatic N) is 3. The number of alkyl carbamates (subject to hydrolysis) is 1. The molecule has 2 aliphatic carbocycles. The molecule has 3 fully saturated rings. The molecular weight excluding hydrogens is 595 g/mol. The van der Waals surface area contributed by atoms with Crippen molar-refractivity contribution in [2.75, 3.05) is 26.9 Å². The maximum absolute atomic E-state index is 14.0. The molecule has 0 radical (unpaired) electrons. The highest BCUT2D eigenvalue weighted by atomic mass is 35.5. The molecule has 3 aliphatic rings. The summed E-state index contributed by atoms with van der Waals surface area (Å²) < 4.78 is 43.6. The van der Waals surface area contributed by atoms with E-state index >= 15 is 0 Å². The molecule has 0 spiro atoms. The van der Waals surface area contributed by atoms with E-state index in [0.29, 0.717) is 43.6 Å². The van der Waals surface area contributed by atoms with E-state index in [1.165, 1.54) is 36.4 Å². The summed E-state index contributed by atoms with van der Waals surface area (Å²) in [7, 11) is -2.53. The van der Waals surface area contributed by atoms with Gasteiger partial charge in [-0.05, 0) is 49.4 Å². The fraction of sp³-hybridized carbons (Fsp3) is 0.481. The Morgan fingerprint density at radius 2 is 1.93 bits per heavy atom. The number of aromatic nitrogens is 1. The number of pyridine rings is 1. The van der Waals surface area contributed by atoms with E-state index < -0.39 is 38.4 Å². The van der Waals surface area contributed by atoms with Crippen LogP contribution in [0.1, 0.15) is 37.7 Å². The summed E-state index contributed by atoms with van der Waals surface area (Å²) >= 11 is 12.3. The zero-order valence-electron chi connectivity index (χ0n) is 22.1. The Balaban J connectivity index is 1.40. The summed E-state index contributed by atoms with van der Waals surface area (Å²) in [6, 6.07) is 9.62. The van der Waals surface area contributed by atoms with Crippen LogP contribution in [0.3, 0.4) is 0 Å². The van der Waals surface area contributed by atoms with Crippen LogP contribution in [0.2, 0.25) is 10.2 Å². The van der Waals surface area contributed by atoms with E-state index in [9.17, 15) is 23.3 Å². The zero-order valence-corrected chi connectivity index (χ0v) is 24.5. The van der Waals surface area contributed by atoms with Crippen LogP contribution < -0.4 is 10.1 Å². The lowest BCUT2D eigenvalue weighted by atomic mass is 9.96. The summed E-state index contributed by atoms with van der Waals surface area (Å²) in [5.41, 5.74) is -1.27. The fourth-order valence-corrected chi connectivity index (χ4v) is 7.29. The summed E-state index contributed by atoms with van der Waals surface area (Å²) in [6.07, 6.45) is 1.31. The molecule has 1 aliphatic heterocycles. The Labute approximate surface area is 247 Å². The van der Waals surface area contributed by atoms with Crippen LogP contribution in [0.25, 0.3) is 0 Å². The smallest absolute Gasteiger partial charge is 0.410 e. The summed E-state index contributed by atoms with van der Waals surface area (Å²) in [5, 5.41) is 11.0. The number of carbonyl (C=O) groups excluding carboxylic acids is 2. The lowest BCUT2D eigenvalue weighted by Crippen LogP contribution is -2.47. The number of amides is 2. The summed E-state index contributed by atoms with van der Waals surface area (Å²) in [5.74, 6) is 0.0115. The van der Waals surface area contributed by atoms with Crippen molar-refractivity contribution in [3.8, 4) is 11.8 Å². The molecule has 5 rings (SSSR count). The van der Waals surface area contributed by atoms with Crippen LogP contribution in [0.5, 0.6) is 5.75 Å². The first-order chi connectivity index (χ1) is 19.5. The monoisotopic (exact) mass is 622 g/mol. The minimum absolute atomic E-state index is 0.0319. The first-order valence-corrected chi connectivity index (χ1v) is 15.3. The highest BCUT2D eigenvalue weighted by Crippen LogP contribution is 2.51. The van der Waals surface area contributed by atoms with E-state index in [0.717, 1.165) is 0 Å². The molecular formula is C27H28Cl2N4O7S. The number of nitrogens with one attached hydrogen (secondary N) is 1. The molecule has 1 aromatic carbocycles. The van der Waals surface area contributed by atoms with Crippen LogP contribution in [-0.2, 0) is 29.5 Å². The molecule has 2 atom stereocenters. The minimum Gasteiger partial charge on any atom is -0.491 e. The van der Waals surface area contributed by atoms with Crippen molar-refractivity contribution in [2.45, 2.75) is 59.4 Å². The van der Waals surface area contributed by atoms with Crippen LogP contribution in [-0.4, -0.2) is 74.2 Å². The molecule has 1 unspecified atom stereocenters. The van der Waals surface area contributed by atoms with Crippen molar-refractivity contribution in [1.82, 2.24) is 15.2 Å². The van der Waals surface area contributed by atoms with Crippen LogP contribution >= 0.6 is 23.2 Å². The van der Waals surface area contributed by atoms with Crippen molar-refractivity contribution in [1.29, 1.82) is 5.26 Å². The Morgan fingerprint density at radius 3 is 2.51 bits per heavy atom. The topological polar surface area (TPSA) is 148 Å². The Morgan fingerprint density at radius 1 is 1.17 bits per heavy atom. The highest BCUT2D eigenvalue weighted by Gasteiger charge is 2.57. The molecule has 14 heteroatoms. The average molecular weight is 624 g/mol. The quantitative estimate of drug-likeness (QED) is 0.310. The Hall–Kier alpha value is -3.11. The van der Waals surface area contributed by atoms with E-state index in [1.807, 2.05) is 6.07 Å². The lowest BCUT2D eigenvalue weighted by Gasteiger charge is -2.29. The number of methoxy groups -OCH3 is 1. The third-order valence-electron chi connectivity index (χ3n) is 7.67. The number of benzene rings is 1. The van der Waals surface area contributed by atoms with Crippen molar-refractivity contribution >= 4 is 45.0 Å². The number of ether oxygens (including phenoxy) is 3. The normalized spacial score (nSPS) is 22.0. The first-order valence-electron chi connectivity index (χ1n) is 13.0. The Bertz CT molecular complexity index is 1490. The van der Waals surface area contributed by atoms with E-state index in [2.05, 4.69) is 10.3 Å². The first kappa shape index (κ1) is 29.4. The van der Waals surface area contributed by atoms with Gasteiger partial charge in [-0.3, -0.25) is 4.79 Å². The molecule has 218 valence electrons. The largest absolute Gasteiger partial charge is 0.491 e. The Kier molecular flexibility index (Phi) is 8.09. The van der Waals surface area contributed by atoms with Crippen LogP contribution in [0.15, 0.2) is 41.4 Å². The fourth-order valence-electron chi connectivity index (χ4n) is 4.96. The van der Waals surface area contributed by atoms with Crippen molar-refractivity contribution in [3.63, 3.8) is 0 Å². The van der Waals surface area contributed by atoms with Gasteiger partial charge < -0.3 is 24.4 Å². The van der Waals surface area contributed by atoms with Gasteiger partial charge in [-0.15, -0.1) is 0 Å². The van der Waals surface area contributed by atoms with Crippen molar-refractivity contribution in [3.05, 3.63) is 52.3 Å². The number of likely N-dealkylation sites (tertiary alicyclic amines) is 1. The number of hydrogen-bond donors (Lipinski definition) is 1. The maximum atomic E-state index is 14.0. The van der Waals surface area contributed by atoms with Crippen LogP contribution in [0.4, 0.5) is 4.79 Å². The van der Waals surface area contributed by atoms with Gasteiger partial charge in [0, 0.05) is 32.3 Å². The second-order valence-electron chi connectivity index (χ2n) is 10.4. The third-order valence-corrected chi connectivity index (χ3v) is 10.5. The molecule has 2 saturated carbocycles. The van der Waals surface area contributed by atoms with E-state index in [4.69, 9.17) is 37.4 Å².